The van der Waals surface area contributed by atoms with Crippen molar-refractivity contribution in [2.24, 2.45) is 0 Å². The Kier molecular flexibility index (Phi) is 5.36. The van der Waals surface area contributed by atoms with E-state index in [9.17, 15) is 4.79 Å². The first-order valence-electron chi connectivity index (χ1n) is 7.76. The quantitative estimate of drug-likeness (QED) is 0.655. The van der Waals surface area contributed by atoms with E-state index in [1.165, 1.54) is 7.11 Å². The molecule has 4 nitrogen and oxygen atoms in total. The SMILES string of the molecule is COC(=O)[C@H]1NC(=S)N(c2ccc(Cl)cc2)[C@H]1/C=C/c1ccccc1. The van der Waals surface area contributed by atoms with Crippen LogP contribution in [0.5, 0.6) is 0 Å². The second-order valence-corrected chi connectivity index (χ2v) is 6.38. The standard InChI is InChI=1S/C19H17ClN2O2S/c1-24-18(23)17-16(12-7-13-5-3-2-4-6-13)22(19(25)21-17)15-10-8-14(20)9-11-15/h2-12,16-17H,1H3,(H,21,25)/b12-7+/t16-,17-/m0/s1. The maximum atomic E-state index is 12.2. The van der Waals surface area contributed by atoms with E-state index in [1.807, 2.05) is 59.5 Å². The van der Waals surface area contributed by atoms with Crippen molar-refractivity contribution in [2.75, 3.05) is 12.0 Å². The van der Waals surface area contributed by atoms with Crippen LogP contribution in [0, 0.1) is 0 Å². The van der Waals surface area contributed by atoms with Gasteiger partial charge in [0, 0.05) is 10.7 Å². The number of nitrogens with one attached hydrogen (secondary N) is 1. The highest BCUT2D eigenvalue weighted by atomic mass is 35.5. The van der Waals surface area contributed by atoms with Crippen LogP contribution in [0.2, 0.25) is 5.02 Å². The minimum atomic E-state index is -0.576. The maximum absolute atomic E-state index is 12.2. The van der Waals surface area contributed by atoms with E-state index in [4.69, 9.17) is 28.6 Å². The number of anilines is 1. The molecular weight excluding hydrogens is 356 g/mol. The average molecular weight is 373 g/mol. The van der Waals surface area contributed by atoms with Crippen molar-refractivity contribution in [2.45, 2.75) is 12.1 Å². The minimum Gasteiger partial charge on any atom is -0.467 e. The second-order valence-electron chi connectivity index (χ2n) is 5.56. The molecule has 0 spiro atoms. The van der Waals surface area contributed by atoms with Crippen molar-refractivity contribution in [3.8, 4) is 0 Å². The number of thiocarbonyl (C=S) groups is 1. The molecule has 2 aromatic carbocycles. The molecule has 2 aromatic rings. The molecule has 1 aliphatic rings. The lowest BCUT2D eigenvalue weighted by Gasteiger charge is -2.24. The Hall–Kier alpha value is -2.37. The molecule has 0 aliphatic carbocycles. The zero-order valence-electron chi connectivity index (χ0n) is 13.6. The van der Waals surface area contributed by atoms with Crippen LogP contribution in [0.4, 0.5) is 5.69 Å². The van der Waals surface area contributed by atoms with Crippen molar-refractivity contribution >= 4 is 46.7 Å². The van der Waals surface area contributed by atoms with Crippen LogP contribution in [-0.2, 0) is 9.53 Å². The van der Waals surface area contributed by atoms with Gasteiger partial charge >= 0.3 is 5.97 Å². The number of ether oxygens (including phenoxy) is 1. The number of carbonyl (C=O) groups excluding carboxylic acids is 1. The molecule has 25 heavy (non-hydrogen) atoms. The lowest BCUT2D eigenvalue weighted by Crippen LogP contribution is -2.41. The molecule has 0 bridgehead atoms. The molecule has 1 aliphatic heterocycles. The molecular formula is C19H17ClN2O2S. The molecule has 1 fully saturated rings. The van der Waals surface area contributed by atoms with Gasteiger partial charge in [-0.2, -0.15) is 0 Å². The van der Waals surface area contributed by atoms with Crippen molar-refractivity contribution < 1.29 is 9.53 Å². The van der Waals surface area contributed by atoms with Crippen molar-refractivity contribution in [1.29, 1.82) is 0 Å². The number of nitrogens with zero attached hydrogens (tertiary/aromatic N) is 1. The molecule has 0 aromatic heterocycles. The molecule has 2 atom stereocenters. The van der Waals surface area contributed by atoms with E-state index in [1.54, 1.807) is 12.1 Å². The summed E-state index contributed by atoms with van der Waals surface area (Å²) in [5.74, 6) is -0.360. The highest BCUT2D eigenvalue weighted by Crippen LogP contribution is 2.27. The number of carbonyl (C=O) groups is 1. The Labute approximate surface area is 157 Å². The summed E-state index contributed by atoms with van der Waals surface area (Å²) in [7, 11) is 1.37. The summed E-state index contributed by atoms with van der Waals surface area (Å²) in [6.07, 6.45) is 3.93. The van der Waals surface area contributed by atoms with Crippen LogP contribution in [0.15, 0.2) is 60.7 Å². The fourth-order valence-corrected chi connectivity index (χ4v) is 3.24. The summed E-state index contributed by atoms with van der Waals surface area (Å²) < 4.78 is 4.93. The third kappa shape index (κ3) is 3.83. The van der Waals surface area contributed by atoms with Crippen molar-refractivity contribution in [3.05, 3.63) is 71.3 Å². The first-order chi connectivity index (χ1) is 12.1. The molecule has 1 N–H and O–H groups in total. The van der Waals surface area contributed by atoms with Crippen molar-refractivity contribution in [1.82, 2.24) is 5.32 Å². The molecule has 3 rings (SSSR count). The zero-order valence-corrected chi connectivity index (χ0v) is 15.1. The number of benzene rings is 2. The van der Waals surface area contributed by atoms with Gasteiger partial charge in [-0.1, -0.05) is 54.1 Å². The molecule has 6 heteroatoms. The van der Waals surface area contributed by atoms with Gasteiger partial charge in [-0.3, -0.25) is 0 Å². The van der Waals surface area contributed by atoms with Gasteiger partial charge in [-0.25, -0.2) is 4.79 Å². The predicted molar refractivity (Wildman–Crippen MR) is 105 cm³/mol. The van der Waals surface area contributed by atoms with Gasteiger partial charge in [0.15, 0.2) is 11.2 Å². The Balaban J connectivity index is 1.96. The number of hydrogen-bond acceptors (Lipinski definition) is 3. The highest BCUT2D eigenvalue weighted by Gasteiger charge is 2.41. The van der Waals surface area contributed by atoms with Gasteiger partial charge in [0.2, 0.25) is 0 Å². The highest BCUT2D eigenvalue weighted by molar-refractivity contribution is 7.80. The number of methoxy groups -OCH3 is 1. The third-order valence-electron chi connectivity index (χ3n) is 3.98. The molecule has 0 unspecified atom stereocenters. The van der Waals surface area contributed by atoms with E-state index < -0.39 is 6.04 Å². The predicted octanol–water partition coefficient (Wildman–Crippen LogP) is 3.66. The van der Waals surface area contributed by atoms with E-state index in [-0.39, 0.29) is 12.0 Å². The Bertz CT molecular complexity index is 793. The average Bonchev–Trinajstić information content (AvgIpc) is 2.97. The smallest absolute Gasteiger partial charge is 0.330 e. The summed E-state index contributed by atoms with van der Waals surface area (Å²) in [6, 6.07) is 16.3. The molecule has 0 radical (unpaired) electrons. The van der Waals surface area contributed by atoms with E-state index in [0.29, 0.717) is 10.1 Å². The fraction of sp³-hybridized carbons (Fsp3) is 0.158. The first kappa shape index (κ1) is 17.5. The molecule has 1 saturated heterocycles. The molecule has 0 amide bonds. The van der Waals surface area contributed by atoms with Crippen molar-refractivity contribution in [3.63, 3.8) is 0 Å². The molecule has 128 valence electrons. The Morgan fingerprint density at radius 3 is 2.52 bits per heavy atom. The van der Waals surface area contributed by atoms with E-state index in [0.717, 1.165) is 11.3 Å². The summed E-state index contributed by atoms with van der Waals surface area (Å²) in [6.45, 7) is 0. The maximum Gasteiger partial charge on any atom is 0.330 e. The topological polar surface area (TPSA) is 41.6 Å². The lowest BCUT2D eigenvalue weighted by molar-refractivity contribution is -0.142. The van der Waals surface area contributed by atoms with Crippen LogP contribution >= 0.6 is 23.8 Å². The zero-order chi connectivity index (χ0) is 17.8. The molecule has 1 heterocycles. The first-order valence-corrected chi connectivity index (χ1v) is 8.55. The normalized spacial score (nSPS) is 19.9. The number of halogens is 1. The Morgan fingerprint density at radius 1 is 1.20 bits per heavy atom. The number of hydrogen-bond donors (Lipinski definition) is 1. The van der Waals surface area contributed by atoms with Gasteiger partial charge in [-0.05, 0) is 42.0 Å². The lowest BCUT2D eigenvalue weighted by atomic mass is 10.1. The van der Waals surface area contributed by atoms with Gasteiger partial charge < -0.3 is 15.0 Å². The summed E-state index contributed by atoms with van der Waals surface area (Å²) in [4.78, 5) is 14.1. The van der Waals surface area contributed by atoms with Gasteiger partial charge in [-0.15, -0.1) is 0 Å². The largest absolute Gasteiger partial charge is 0.467 e. The Morgan fingerprint density at radius 2 is 1.88 bits per heavy atom. The number of rotatable bonds is 4. The molecule has 0 saturated carbocycles. The second kappa shape index (κ2) is 7.68. The van der Waals surface area contributed by atoms with Crippen LogP contribution in [0.25, 0.3) is 6.08 Å². The van der Waals surface area contributed by atoms with E-state index in [2.05, 4.69) is 5.32 Å². The minimum absolute atomic E-state index is 0.304. The monoisotopic (exact) mass is 372 g/mol. The van der Waals surface area contributed by atoms with Gasteiger partial charge in [0.1, 0.15) is 0 Å². The fourth-order valence-electron chi connectivity index (χ4n) is 2.76. The van der Waals surface area contributed by atoms with Crippen LogP contribution in [0.1, 0.15) is 5.56 Å². The summed E-state index contributed by atoms with van der Waals surface area (Å²) in [5, 5.41) is 4.17. The number of esters is 1. The van der Waals surface area contributed by atoms with Crippen LogP contribution in [-0.4, -0.2) is 30.3 Å². The van der Waals surface area contributed by atoms with Crippen LogP contribution < -0.4 is 10.2 Å². The third-order valence-corrected chi connectivity index (χ3v) is 4.55. The van der Waals surface area contributed by atoms with Gasteiger partial charge in [0.05, 0.1) is 13.2 Å². The van der Waals surface area contributed by atoms with E-state index >= 15 is 0 Å². The summed E-state index contributed by atoms with van der Waals surface area (Å²) in [5.41, 5.74) is 1.90. The summed E-state index contributed by atoms with van der Waals surface area (Å²) >= 11 is 11.4. The van der Waals surface area contributed by atoms with Crippen LogP contribution in [0.3, 0.4) is 0 Å². The van der Waals surface area contributed by atoms with Gasteiger partial charge in [0.25, 0.3) is 0 Å².